The van der Waals surface area contributed by atoms with Crippen molar-refractivity contribution in [3.05, 3.63) is 59.2 Å². The minimum atomic E-state index is -4.73. The number of anilines is 1. The van der Waals surface area contributed by atoms with Crippen LogP contribution in [0.3, 0.4) is 0 Å². The van der Waals surface area contributed by atoms with E-state index in [-0.39, 0.29) is 5.75 Å². The predicted octanol–water partition coefficient (Wildman–Crippen LogP) is 6.19. The van der Waals surface area contributed by atoms with E-state index >= 15 is 0 Å². The number of rotatable bonds is 7. The first-order chi connectivity index (χ1) is 15.8. The Bertz CT molecular complexity index is 1290. The van der Waals surface area contributed by atoms with Crippen molar-refractivity contribution in [1.82, 2.24) is 9.97 Å². The van der Waals surface area contributed by atoms with E-state index in [1.807, 2.05) is 18.2 Å². The van der Waals surface area contributed by atoms with Crippen LogP contribution in [0.2, 0.25) is 0 Å². The minimum absolute atomic E-state index is 0.250. The van der Waals surface area contributed by atoms with Crippen LogP contribution in [0.4, 0.5) is 19.0 Å². The van der Waals surface area contributed by atoms with Gasteiger partial charge in [-0.25, -0.2) is 9.97 Å². The summed E-state index contributed by atoms with van der Waals surface area (Å²) in [6.07, 6.45) is -4.73. The monoisotopic (exact) mass is 475 g/mol. The topological polar surface area (TPSA) is 65.5 Å². The SMILES string of the molecule is COc1cc2nc(C)nc(NCc3ccc(-c4cccc(OC(F)(F)F)c4)s3)c2cc1OC. The summed E-state index contributed by atoms with van der Waals surface area (Å²) in [7, 11) is 3.13. The molecule has 0 aliphatic rings. The Labute approximate surface area is 192 Å². The summed E-state index contributed by atoms with van der Waals surface area (Å²) < 4.78 is 52.3. The number of nitrogens with zero attached hydrogens (tertiary/aromatic N) is 2. The fourth-order valence-electron chi connectivity index (χ4n) is 3.35. The number of aromatic nitrogens is 2. The molecule has 0 spiro atoms. The lowest BCUT2D eigenvalue weighted by molar-refractivity contribution is -0.274. The first kappa shape index (κ1) is 22.7. The second kappa shape index (κ2) is 9.14. The van der Waals surface area contributed by atoms with Crippen LogP contribution >= 0.6 is 11.3 Å². The van der Waals surface area contributed by atoms with Crippen molar-refractivity contribution in [1.29, 1.82) is 0 Å². The number of hydrogen-bond donors (Lipinski definition) is 1. The molecule has 2 aromatic carbocycles. The fourth-order valence-corrected chi connectivity index (χ4v) is 4.30. The molecular weight excluding hydrogens is 455 g/mol. The fraction of sp³-hybridized carbons (Fsp3) is 0.217. The second-order valence-corrected chi connectivity index (χ2v) is 8.21. The Kier molecular flexibility index (Phi) is 6.28. The molecule has 0 amide bonds. The quantitative estimate of drug-likeness (QED) is 0.344. The van der Waals surface area contributed by atoms with Gasteiger partial charge in [0.25, 0.3) is 0 Å². The minimum Gasteiger partial charge on any atom is -0.493 e. The number of ether oxygens (including phenoxy) is 3. The number of benzene rings is 2. The molecule has 0 radical (unpaired) electrons. The summed E-state index contributed by atoms with van der Waals surface area (Å²) in [5.74, 6) is 2.15. The number of aryl methyl sites for hydroxylation is 1. The van der Waals surface area contributed by atoms with E-state index in [1.54, 1.807) is 33.3 Å². The van der Waals surface area contributed by atoms with Crippen LogP contribution < -0.4 is 19.5 Å². The molecule has 0 aliphatic heterocycles. The Hall–Kier alpha value is -3.53. The van der Waals surface area contributed by atoms with Gasteiger partial charge in [-0.2, -0.15) is 0 Å². The molecule has 2 aromatic heterocycles. The van der Waals surface area contributed by atoms with Gasteiger partial charge < -0.3 is 19.5 Å². The van der Waals surface area contributed by atoms with Gasteiger partial charge >= 0.3 is 6.36 Å². The summed E-state index contributed by atoms with van der Waals surface area (Å²) in [5, 5.41) is 4.11. The molecule has 1 N–H and O–H groups in total. The largest absolute Gasteiger partial charge is 0.573 e. The highest BCUT2D eigenvalue weighted by atomic mass is 32.1. The molecule has 0 atom stereocenters. The Morgan fingerprint density at radius 3 is 2.45 bits per heavy atom. The van der Waals surface area contributed by atoms with Crippen molar-refractivity contribution >= 4 is 28.1 Å². The van der Waals surface area contributed by atoms with Crippen LogP contribution in [-0.4, -0.2) is 30.5 Å². The molecule has 0 bridgehead atoms. The second-order valence-electron chi connectivity index (χ2n) is 7.04. The van der Waals surface area contributed by atoms with Crippen LogP contribution in [0.1, 0.15) is 10.7 Å². The molecule has 2 heterocycles. The van der Waals surface area contributed by atoms with Crippen LogP contribution in [0, 0.1) is 6.92 Å². The van der Waals surface area contributed by atoms with Crippen molar-refractivity contribution in [3.8, 4) is 27.7 Å². The number of methoxy groups -OCH3 is 2. The van der Waals surface area contributed by atoms with E-state index in [2.05, 4.69) is 20.0 Å². The zero-order chi connectivity index (χ0) is 23.6. The molecule has 6 nitrogen and oxygen atoms in total. The van der Waals surface area contributed by atoms with Crippen molar-refractivity contribution < 1.29 is 27.4 Å². The van der Waals surface area contributed by atoms with Gasteiger partial charge in [0.15, 0.2) is 11.5 Å². The molecule has 0 saturated heterocycles. The molecule has 4 aromatic rings. The molecule has 0 unspecified atom stereocenters. The Morgan fingerprint density at radius 2 is 1.73 bits per heavy atom. The first-order valence-electron chi connectivity index (χ1n) is 9.85. The van der Waals surface area contributed by atoms with Crippen LogP contribution in [0.15, 0.2) is 48.5 Å². The molecule has 172 valence electrons. The van der Waals surface area contributed by atoms with Gasteiger partial charge in [0.2, 0.25) is 0 Å². The molecule has 33 heavy (non-hydrogen) atoms. The molecule has 4 rings (SSSR count). The summed E-state index contributed by atoms with van der Waals surface area (Å²) in [5.41, 5.74) is 1.36. The maximum Gasteiger partial charge on any atom is 0.573 e. The molecule has 0 fully saturated rings. The van der Waals surface area contributed by atoms with E-state index < -0.39 is 6.36 Å². The third-order valence-electron chi connectivity index (χ3n) is 4.76. The van der Waals surface area contributed by atoms with E-state index in [0.717, 1.165) is 20.7 Å². The third kappa shape index (κ3) is 5.28. The Balaban J connectivity index is 1.56. The van der Waals surface area contributed by atoms with Gasteiger partial charge in [-0.1, -0.05) is 12.1 Å². The van der Waals surface area contributed by atoms with E-state index in [0.29, 0.717) is 35.2 Å². The highest BCUT2D eigenvalue weighted by Crippen LogP contribution is 2.35. The van der Waals surface area contributed by atoms with E-state index in [4.69, 9.17) is 9.47 Å². The third-order valence-corrected chi connectivity index (χ3v) is 5.89. The Morgan fingerprint density at radius 1 is 0.970 bits per heavy atom. The standard InChI is InChI=1S/C23H20F3N3O3S/c1-13-28-18-11-20(31-3)19(30-2)10-17(18)22(29-13)27-12-16-7-8-21(33-16)14-5-4-6-15(9-14)32-23(24,25)26/h4-11H,12H2,1-3H3,(H,27,28,29). The summed E-state index contributed by atoms with van der Waals surface area (Å²) in [4.78, 5) is 10.8. The van der Waals surface area contributed by atoms with E-state index in [9.17, 15) is 13.2 Å². The molecule has 0 aliphatic carbocycles. The van der Waals surface area contributed by atoms with Crippen LogP contribution in [0.5, 0.6) is 17.2 Å². The number of thiophene rings is 1. The van der Waals surface area contributed by atoms with E-state index in [1.165, 1.54) is 29.5 Å². The summed E-state index contributed by atoms with van der Waals surface area (Å²) >= 11 is 1.47. The zero-order valence-electron chi connectivity index (χ0n) is 18.0. The van der Waals surface area contributed by atoms with Gasteiger partial charge in [-0.3, -0.25) is 0 Å². The van der Waals surface area contributed by atoms with Crippen molar-refractivity contribution in [2.45, 2.75) is 19.8 Å². The predicted molar refractivity (Wildman–Crippen MR) is 121 cm³/mol. The number of alkyl halides is 3. The molecule has 10 heteroatoms. The smallest absolute Gasteiger partial charge is 0.493 e. The van der Waals surface area contributed by atoms with Crippen molar-refractivity contribution in [3.63, 3.8) is 0 Å². The van der Waals surface area contributed by atoms with Crippen molar-refractivity contribution in [2.75, 3.05) is 19.5 Å². The van der Waals surface area contributed by atoms with Gasteiger partial charge in [0.1, 0.15) is 17.4 Å². The highest BCUT2D eigenvalue weighted by molar-refractivity contribution is 7.15. The number of fused-ring (bicyclic) bond motifs is 1. The molecular formula is C23H20F3N3O3S. The summed E-state index contributed by atoms with van der Waals surface area (Å²) in [6, 6.07) is 13.3. The highest BCUT2D eigenvalue weighted by Gasteiger charge is 2.31. The lowest BCUT2D eigenvalue weighted by Gasteiger charge is -2.12. The average molecular weight is 475 g/mol. The lowest BCUT2D eigenvalue weighted by Crippen LogP contribution is -2.17. The average Bonchev–Trinajstić information content (AvgIpc) is 3.24. The normalized spacial score (nSPS) is 11.5. The van der Waals surface area contributed by atoms with Gasteiger partial charge in [0.05, 0.1) is 26.3 Å². The maximum absolute atomic E-state index is 12.5. The van der Waals surface area contributed by atoms with Gasteiger partial charge in [-0.15, -0.1) is 24.5 Å². The maximum atomic E-state index is 12.5. The number of nitrogens with one attached hydrogen (secondary N) is 1. The lowest BCUT2D eigenvalue weighted by atomic mass is 10.2. The van der Waals surface area contributed by atoms with Gasteiger partial charge in [-0.05, 0) is 42.8 Å². The molecule has 0 saturated carbocycles. The summed E-state index contributed by atoms with van der Waals surface area (Å²) in [6.45, 7) is 2.28. The van der Waals surface area contributed by atoms with Crippen LogP contribution in [0.25, 0.3) is 21.3 Å². The van der Waals surface area contributed by atoms with Crippen molar-refractivity contribution in [2.24, 2.45) is 0 Å². The van der Waals surface area contributed by atoms with Gasteiger partial charge in [0, 0.05) is 21.2 Å². The van der Waals surface area contributed by atoms with Crippen LogP contribution in [-0.2, 0) is 6.54 Å². The first-order valence-corrected chi connectivity index (χ1v) is 10.7. The zero-order valence-corrected chi connectivity index (χ0v) is 18.8. The number of halogens is 3. The number of hydrogen-bond acceptors (Lipinski definition) is 7.